The third kappa shape index (κ3) is 5.66. The number of esters is 3. The van der Waals surface area contributed by atoms with E-state index in [0.717, 1.165) is 0 Å². The molecule has 1 N–H and O–H groups in total. The Morgan fingerprint density at radius 3 is 1.74 bits per heavy atom. The van der Waals surface area contributed by atoms with Crippen LogP contribution in [0.1, 0.15) is 37.5 Å². The predicted molar refractivity (Wildman–Crippen MR) is 139 cm³/mol. The Kier molecular flexibility index (Phi) is 7.65. The molecule has 8 nitrogen and oxygen atoms in total. The standard InChI is InChI=1S/C31H26O8/c32-23-17-24(33)28(39-31(36)21-14-8-3-9-15-21)27-25(38-30(35)20-12-6-2-7-13-20)16-22(26(23)27)18-37-29(34)19-10-4-1-5-11-19/h1-16,23,25-28,32H,17-18H2/t23-,25-,26-,27-,28+/m0/s1. The number of hydrogen-bond donors (Lipinski definition) is 1. The maximum atomic E-state index is 13.1. The van der Waals surface area contributed by atoms with Gasteiger partial charge in [-0.1, -0.05) is 54.6 Å². The molecule has 0 heterocycles. The molecule has 5 rings (SSSR count). The van der Waals surface area contributed by atoms with Crippen molar-refractivity contribution in [3.05, 3.63) is 119 Å². The van der Waals surface area contributed by atoms with Gasteiger partial charge >= 0.3 is 17.9 Å². The van der Waals surface area contributed by atoms with Gasteiger partial charge in [-0.15, -0.1) is 0 Å². The van der Waals surface area contributed by atoms with Gasteiger partial charge in [-0.2, -0.15) is 0 Å². The highest BCUT2D eigenvalue weighted by Crippen LogP contribution is 2.44. The third-order valence-corrected chi connectivity index (χ3v) is 6.97. The molecule has 0 aliphatic heterocycles. The summed E-state index contributed by atoms with van der Waals surface area (Å²) in [5, 5.41) is 11.0. The zero-order valence-electron chi connectivity index (χ0n) is 20.8. The lowest BCUT2D eigenvalue weighted by Gasteiger charge is -2.38. The number of aliphatic hydroxyl groups excluding tert-OH is 1. The molecule has 1 saturated carbocycles. The lowest BCUT2D eigenvalue weighted by atomic mass is 9.73. The molecule has 2 aliphatic carbocycles. The summed E-state index contributed by atoms with van der Waals surface area (Å²) in [6.45, 7) is -0.196. The van der Waals surface area contributed by atoms with E-state index in [9.17, 15) is 24.3 Å². The summed E-state index contributed by atoms with van der Waals surface area (Å²) in [6.07, 6.45) is -2.12. The monoisotopic (exact) mass is 526 g/mol. The maximum Gasteiger partial charge on any atom is 0.338 e. The van der Waals surface area contributed by atoms with Crippen molar-refractivity contribution >= 4 is 23.7 Å². The van der Waals surface area contributed by atoms with Gasteiger partial charge in [0.05, 0.1) is 28.7 Å². The molecule has 39 heavy (non-hydrogen) atoms. The first-order valence-corrected chi connectivity index (χ1v) is 12.6. The Morgan fingerprint density at radius 1 is 0.718 bits per heavy atom. The second-order valence-electron chi connectivity index (χ2n) is 9.45. The average molecular weight is 527 g/mol. The molecule has 0 saturated heterocycles. The Morgan fingerprint density at radius 2 is 1.21 bits per heavy atom. The number of ketones is 1. The van der Waals surface area contributed by atoms with E-state index in [0.29, 0.717) is 16.7 Å². The number of fused-ring (bicyclic) bond motifs is 1. The van der Waals surface area contributed by atoms with E-state index in [2.05, 4.69) is 0 Å². The molecule has 0 amide bonds. The fourth-order valence-electron chi connectivity index (χ4n) is 5.14. The van der Waals surface area contributed by atoms with E-state index in [-0.39, 0.29) is 18.6 Å². The fourth-order valence-corrected chi connectivity index (χ4v) is 5.14. The Labute approximate surface area is 224 Å². The van der Waals surface area contributed by atoms with Gasteiger partial charge in [-0.25, -0.2) is 14.4 Å². The minimum atomic E-state index is -1.28. The number of Topliss-reactive ketones (excluding diaryl/α,β-unsaturated/α-hetero) is 1. The van der Waals surface area contributed by atoms with Crippen LogP contribution in [0.2, 0.25) is 0 Å². The van der Waals surface area contributed by atoms with Gasteiger partial charge < -0.3 is 19.3 Å². The number of aliphatic hydroxyl groups is 1. The molecule has 1 fully saturated rings. The highest BCUT2D eigenvalue weighted by Gasteiger charge is 2.54. The second-order valence-corrected chi connectivity index (χ2v) is 9.45. The molecule has 0 spiro atoms. The molecule has 0 bridgehead atoms. The summed E-state index contributed by atoms with van der Waals surface area (Å²) < 4.78 is 17.0. The minimum Gasteiger partial charge on any atom is -0.458 e. The summed E-state index contributed by atoms with van der Waals surface area (Å²) in [6, 6.07) is 25.0. The Hall–Kier alpha value is -4.56. The van der Waals surface area contributed by atoms with Gasteiger partial charge in [-0.05, 0) is 48.0 Å². The molecule has 0 unspecified atom stereocenters. The van der Waals surface area contributed by atoms with Crippen LogP contribution in [0.15, 0.2) is 103 Å². The van der Waals surface area contributed by atoms with Crippen LogP contribution in [0.5, 0.6) is 0 Å². The second kappa shape index (κ2) is 11.4. The minimum absolute atomic E-state index is 0.196. The topological polar surface area (TPSA) is 116 Å². The third-order valence-electron chi connectivity index (χ3n) is 6.97. The van der Waals surface area contributed by atoms with Crippen molar-refractivity contribution in [1.82, 2.24) is 0 Å². The number of carbonyl (C=O) groups is 4. The molecule has 0 aromatic heterocycles. The van der Waals surface area contributed by atoms with Gasteiger partial charge in [-0.3, -0.25) is 4.79 Å². The zero-order valence-corrected chi connectivity index (χ0v) is 20.8. The highest BCUT2D eigenvalue weighted by atomic mass is 16.6. The SMILES string of the molecule is O=C(OCC1=C[C@H](OC(=O)c2ccccc2)[C@H]2[C@@H]1[C@@H](O)CC(=O)[C@H]2OC(=O)c1ccccc1)c1ccccc1. The number of rotatable bonds is 7. The smallest absolute Gasteiger partial charge is 0.338 e. The number of benzene rings is 3. The molecule has 3 aromatic rings. The first-order valence-electron chi connectivity index (χ1n) is 12.6. The summed E-state index contributed by atoms with van der Waals surface area (Å²) in [7, 11) is 0. The quantitative estimate of drug-likeness (QED) is 0.281. The van der Waals surface area contributed by atoms with E-state index in [4.69, 9.17) is 14.2 Å². The van der Waals surface area contributed by atoms with Crippen LogP contribution >= 0.6 is 0 Å². The van der Waals surface area contributed by atoms with Crippen LogP contribution in [0.4, 0.5) is 0 Å². The van der Waals surface area contributed by atoms with Gasteiger partial charge in [0.15, 0.2) is 11.9 Å². The number of ether oxygens (including phenoxy) is 3. The van der Waals surface area contributed by atoms with Crippen molar-refractivity contribution in [2.75, 3.05) is 6.61 Å². The van der Waals surface area contributed by atoms with E-state index in [1.54, 1.807) is 97.1 Å². The van der Waals surface area contributed by atoms with Crippen molar-refractivity contribution in [1.29, 1.82) is 0 Å². The molecule has 2 aliphatic rings. The highest BCUT2D eigenvalue weighted by molar-refractivity contribution is 5.94. The summed E-state index contributed by atoms with van der Waals surface area (Å²) >= 11 is 0. The normalized spacial score (nSPS) is 23.8. The van der Waals surface area contributed by atoms with Crippen molar-refractivity contribution in [2.45, 2.75) is 24.7 Å². The van der Waals surface area contributed by atoms with Gasteiger partial charge in [0.1, 0.15) is 12.7 Å². The van der Waals surface area contributed by atoms with E-state index in [1.165, 1.54) is 0 Å². The molecule has 0 radical (unpaired) electrons. The van der Waals surface area contributed by atoms with Crippen LogP contribution in [0.25, 0.3) is 0 Å². The number of hydrogen-bond acceptors (Lipinski definition) is 8. The first-order chi connectivity index (χ1) is 18.9. The predicted octanol–water partition coefficient (Wildman–Crippen LogP) is 3.80. The summed E-state index contributed by atoms with van der Waals surface area (Å²) in [5.41, 5.74) is 1.39. The van der Waals surface area contributed by atoms with Crippen molar-refractivity contribution < 1.29 is 38.5 Å². The molecule has 3 aromatic carbocycles. The van der Waals surface area contributed by atoms with Crippen molar-refractivity contribution in [2.24, 2.45) is 11.8 Å². The van der Waals surface area contributed by atoms with Crippen LogP contribution < -0.4 is 0 Å². The van der Waals surface area contributed by atoms with Gasteiger partial charge in [0.2, 0.25) is 0 Å². The van der Waals surface area contributed by atoms with Crippen LogP contribution in [0.3, 0.4) is 0 Å². The zero-order chi connectivity index (χ0) is 27.4. The van der Waals surface area contributed by atoms with Crippen LogP contribution in [0, 0.1) is 11.8 Å². The molecular weight excluding hydrogens is 500 g/mol. The molecule has 5 atom stereocenters. The Bertz CT molecular complexity index is 1380. The number of carbonyl (C=O) groups excluding carboxylic acids is 4. The van der Waals surface area contributed by atoms with Crippen LogP contribution in [-0.2, 0) is 19.0 Å². The first kappa shape index (κ1) is 26.1. The van der Waals surface area contributed by atoms with E-state index in [1.807, 2.05) is 0 Å². The van der Waals surface area contributed by atoms with Crippen molar-refractivity contribution in [3.63, 3.8) is 0 Å². The molecule has 8 heteroatoms. The average Bonchev–Trinajstić information content (AvgIpc) is 3.33. The lowest BCUT2D eigenvalue weighted by Crippen LogP contribution is -2.51. The van der Waals surface area contributed by atoms with E-state index < -0.39 is 53.8 Å². The fraction of sp³-hybridized carbons (Fsp3) is 0.226. The van der Waals surface area contributed by atoms with E-state index >= 15 is 0 Å². The van der Waals surface area contributed by atoms with Crippen LogP contribution in [-0.4, -0.2) is 53.7 Å². The summed E-state index contributed by atoms with van der Waals surface area (Å²) in [4.78, 5) is 51.5. The maximum absolute atomic E-state index is 13.1. The van der Waals surface area contributed by atoms with Gasteiger partial charge in [0.25, 0.3) is 0 Å². The van der Waals surface area contributed by atoms with Crippen molar-refractivity contribution in [3.8, 4) is 0 Å². The molecule has 198 valence electrons. The van der Waals surface area contributed by atoms with Gasteiger partial charge in [0, 0.05) is 12.3 Å². The lowest BCUT2D eigenvalue weighted by molar-refractivity contribution is -0.145. The summed E-state index contributed by atoms with van der Waals surface area (Å²) in [5.74, 6) is -4.03. The largest absolute Gasteiger partial charge is 0.458 e. The Balaban J connectivity index is 1.42. The molecular formula is C31H26O8.